The SMILES string of the molecule is COc1cc(/C=c2/sc3nc(/C=C/c4cccs4)nn3c2=O)ccc1OCc1ccccc1. The van der Waals surface area contributed by atoms with Crippen molar-refractivity contribution < 1.29 is 9.47 Å². The molecule has 0 aliphatic carbocycles. The van der Waals surface area contributed by atoms with Gasteiger partial charge in [0.1, 0.15) is 6.61 Å². The van der Waals surface area contributed by atoms with Crippen LogP contribution in [0.15, 0.2) is 70.8 Å². The molecule has 0 saturated carbocycles. The van der Waals surface area contributed by atoms with Crippen molar-refractivity contribution in [1.29, 1.82) is 0 Å². The predicted molar refractivity (Wildman–Crippen MR) is 133 cm³/mol. The Morgan fingerprint density at radius 2 is 1.91 bits per heavy atom. The van der Waals surface area contributed by atoms with Crippen molar-refractivity contribution in [3.05, 3.63) is 103 Å². The summed E-state index contributed by atoms with van der Waals surface area (Å²) in [4.78, 5) is 18.9. The van der Waals surface area contributed by atoms with Gasteiger partial charge in [-0.05, 0) is 52.9 Å². The van der Waals surface area contributed by atoms with Gasteiger partial charge in [0.2, 0.25) is 4.96 Å². The summed E-state index contributed by atoms with van der Waals surface area (Å²) in [5.41, 5.74) is 1.71. The summed E-state index contributed by atoms with van der Waals surface area (Å²) >= 11 is 2.94. The quantitative estimate of drug-likeness (QED) is 0.348. The first kappa shape index (κ1) is 21.1. The fraction of sp³-hybridized carbons (Fsp3) is 0.0800. The van der Waals surface area contributed by atoms with Gasteiger partial charge in [-0.2, -0.15) is 9.50 Å². The van der Waals surface area contributed by atoms with Crippen LogP contribution in [-0.2, 0) is 6.61 Å². The molecule has 2 aromatic carbocycles. The van der Waals surface area contributed by atoms with Crippen LogP contribution < -0.4 is 19.6 Å². The van der Waals surface area contributed by atoms with Gasteiger partial charge in [-0.1, -0.05) is 53.8 Å². The second-order valence-electron chi connectivity index (χ2n) is 7.11. The van der Waals surface area contributed by atoms with Gasteiger partial charge in [0.25, 0.3) is 5.56 Å². The fourth-order valence-corrected chi connectivity index (χ4v) is 4.77. The summed E-state index contributed by atoms with van der Waals surface area (Å²) in [6, 6.07) is 19.5. The maximum Gasteiger partial charge on any atom is 0.291 e. The molecule has 0 atom stereocenters. The molecule has 0 amide bonds. The molecule has 3 aromatic heterocycles. The van der Waals surface area contributed by atoms with Crippen molar-refractivity contribution in [2.45, 2.75) is 6.61 Å². The van der Waals surface area contributed by atoms with Crippen molar-refractivity contribution in [3.8, 4) is 11.5 Å². The molecule has 0 bridgehead atoms. The van der Waals surface area contributed by atoms with Gasteiger partial charge in [-0.15, -0.1) is 16.4 Å². The van der Waals surface area contributed by atoms with Crippen LogP contribution in [0.1, 0.15) is 21.8 Å². The molecular formula is C25H19N3O3S2. The highest BCUT2D eigenvalue weighted by Crippen LogP contribution is 2.29. The molecule has 0 unspecified atom stereocenters. The lowest BCUT2D eigenvalue weighted by molar-refractivity contribution is 0.284. The van der Waals surface area contributed by atoms with Crippen LogP contribution in [-0.4, -0.2) is 21.7 Å². The Morgan fingerprint density at radius 1 is 1.03 bits per heavy atom. The van der Waals surface area contributed by atoms with Crippen LogP contribution >= 0.6 is 22.7 Å². The van der Waals surface area contributed by atoms with Gasteiger partial charge in [0, 0.05) is 4.88 Å². The largest absolute Gasteiger partial charge is 0.493 e. The number of hydrogen-bond donors (Lipinski definition) is 0. The molecule has 0 N–H and O–H groups in total. The van der Waals surface area contributed by atoms with Crippen molar-refractivity contribution in [3.63, 3.8) is 0 Å². The average Bonchev–Trinajstić information content (AvgIpc) is 3.56. The van der Waals surface area contributed by atoms with Crippen LogP contribution in [0.5, 0.6) is 11.5 Å². The third-order valence-electron chi connectivity index (χ3n) is 4.86. The topological polar surface area (TPSA) is 65.7 Å². The van der Waals surface area contributed by atoms with Crippen LogP contribution in [0.4, 0.5) is 0 Å². The molecular weight excluding hydrogens is 454 g/mol. The normalized spacial score (nSPS) is 12.1. The zero-order chi connectivity index (χ0) is 22.6. The number of ether oxygens (including phenoxy) is 2. The van der Waals surface area contributed by atoms with Gasteiger partial charge in [0.05, 0.1) is 11.6 Å². The van der Waals surface area contributed by atoms with Gasteiger partial charge >= 0.3 is 0 Å². The number of thiophene rings is 1. The minimum Gasteiger partial charge on any atom is -0.493 e. The lowest BCUT2D eigenvalue weighted by Crippen LogP contribution is -2.23. The van der Waals surface area contributed by atoms with E-state index in [1.165, 1.54) is 15.9 Å². The van der Waals surface area contributed by atoms with Crippen LogP contribution in [0, 0.1) is 0 Å². The number of methoxy groups -OCH3 is 1. The molecule has 0 aliphatic heterocycles. The highest BCUT2D eigenvalue weighted by atomic mass is 32.1. The van der Waals surface area contributed by atoms with Crippen LogP contribution in [0.2, 0.25) is 0 Å². The number of aromatic nitrogens is 3. The van der Waals surface area contributed by atoms with E-state index < -0.39 is 0 Å². The highest BCUT2D eigenvalue weighted by Gasteiger charge is 2.10. The number of nitrogens with zero attached hydrogens (tertiary/aromatic N) is 3. The van der Waals surface area contributed by atoms with E-state index in [2.05, 4.69) is 10.1 Å². The predicted octanol–water partition coefficient (Wildman–Crippen LogP) is 4.52. The van der Waals surface area contributed by atoms with E-state index in [1.54, 1.807) is 18.4 Å². The fourth-order valence-electron chi connectivity index (χ4n) is 3.24. The average molecular weight is 474 g/mol. The van der Waals surface area contributed by atoms with Crippen molar-refractivity contribution in [2.24, 2.45) is 0 Å². The van der Waals surface area contributed by atoms with Gasteiger partial charge in [-0.3, -0.25) is 4.79 Å². The summed E-state index contributed by atoms with van der Waals surface area (Å²) in [7, 11) is 1.60. The number of benzene rings is 2. The van der Waals surface area contributed by atoms with Gasteiger partial charge in [0.15, 0.2) is 17.3 Å². The van der Waals surface area contributed by atoms with E-state index in [9.17, 15) is 4.79 Å². The summed E-state index contributed by atoms with van der Waals surface area (Å²) < 4.78 is 13.3. The van der Waals surface area contributed by atoms with E-state index in [0.717, 1.165) is 16.0 Å². The molecule has 5 rings (SSSR count). The van der Waals surface area contributed by atoms with Crippen LogP contribution in [0.3, 0.4) is 0 Å². The molecule has 8 heteroatoms. The summed E-state index contributed by atoms with van der Waals surface area (Å²) in [5.74, 6) is 1.76. The number of fused-ring (bicyclic) bond motifs is 1. The number of rotatable bonds is 7. The summed E-state index contributed by atoms with van der Waals surface area (Å²) in [6.45, 7) is 0.446. The molecule has 0 radical (unpaired) electrons. The standard InChI is InChI=1S/C25H19N3O3S2/c1-30-21-14-18(9-11-20(21)31-16-17-6-3-2-4-7-17)15-22-24(29)28-25(33-22)26-23(27-28)12-10-19-8-5-13-32-19/h2-15H,16H2,1H3/b12-10+,22-15+. The molecule has 3 heterocycles. The molecule has 164 valence electrons. The lowest BCUT2D eigenvalue weighted by atomic mass is 10.2. The summed E-state index contributed by atoms with van der Waals surface area (Å²) in [5, 5.41) is 6.34. The van der Waals surface area contributed by atoms with E-state index in [0.29, 0.717) is 33.4 Å². The molecule has 0 fully saturated rings. The van der Waals surface area contributed by atoms with E-state index in [4.69, 9.17) is 9.47 Å². The second kappa shape index (κ2) is 9.40. The Hall–Kier alpha value is -3.75. The third-order valence-corrected chi connectivity index (χ3v) is 6.66. The first-order valence-corrected chi connectivity index (χ1v) is 11.9. The number of thiazole rings is 1. The molecule has 6 nitrogen and oxygen atoms in total. The summed E-state index contributed by atoms with van der Waals surface area (Å²) in [6.07, 6.45) is 5.57. The molecule has 0 aliphatic rings. The van der Waals surface area contributed by atoms with Crippen molar-refractivity contribution in [2.75, 3.05) is 7.11 Å². The maximum absolute atomic E-state index is 12.8. The van der Waals surface area contributed by atoms with Crippen LogP contribution in [0.25, 0.3) is 23.2 Å². The molecule has 33 heavy (non-hydrogen) atoms. The zero-order valence-corrected chi connectivity index (χ0v) is 19.3. The Labute approximate surface area is 197 Å². The van der Waals surface area contributed by atoms with E-state index >= 15 is 0 Å². The van der Waals surface area contributed by atoms with Crippen molar-refractivity contribution in [1.82, 2.24) is 14.6 Å². The first-order valence-electron chi connectivity index (χ1n) is 10.2. The third kappa shape index (κ3) is 4.72. The Bertz CT molecular complexity index is 1520. The smallest absolute Gasteiger partial charge is 0.291 e. The van der Waals surface area contributed by atoms with E-state index in [1.807, 2.05) is 84.3 Å². The number of hydrogen-bond acceptors (Lipinski definition) is 7. The Balaban J connectivity index is 1.38. The van der Waals surface area contributed by atoms with Gasteiger partial charge < -0.3 is 9.47 Å². The first-order chi connectivity index (χ1) is 16.2. The highest BCUT2D eigenvalue weighted by molar-refractivity contribution is 7.15. The monoisotopic (exact) mass is 473 g/mol. The maximum atomic E-state index is 12.8. The van der Waals surface area contributed by atoms with Gasteiger partial charge in [-0.25, -0.2) is 0 Å². The second-order valence-corrected chi connectivity index (χ2v) is 9.10. The molecule has 0 spiro atoms. The van der Waals surface area contributed by atoms with Crippen molar-refractivity contribution >= 4 is 45.9 Å². The Kier molecular flexibility index (Phi) is 6.01. The molecule has 5 aromatic rings. The van der Waals surface area contributed by atoms with E-state index in [-0.39, 0.29) is 5.56 Å². The minimum absolute atomic E-state index is 0.193. The lowest BCUT2D eigenvalue weighted by Gasteiger charge is -2.11. The minimum atomic E-state index is -0.193. The molecule has 0 saturated heterocycles. The Morgan fingerprint density at radius 3 is 2.67 bits per heavy atom. The zero-order valence-electron chi connectivity index (χ0n) is 17.7.